The number of hydrogen-bond acceptors (Lipinski definition) is 5. The molecule has 0 aliphatic carbocycles. The predicted octanol–water partition coefficient (Wildman–Crippen LogP) is 3.09. The van der Waals surface area contributed by atoms with Gasteiger partial charge in [-0.05, 0) is 23.8 Å². The first-order valence-electron chi connectivity index (χ1n) is 6.18. The van der Waals surface area contributed by atoms with Crippen molar-refractivity contribution < 1.29 is 0 Å². The van der Waals surface area contributed by atoms with Crippen LogP contribution in [0.3, 0.4) is 0 Å². The van der Waals surface area contributed by atoms with Crippen LogP contribution < -0.4 is 11.3 Å². The highest BCUT2D eigenvalue weighted by atomic mass is 35.5. The predicted molar refractivity (Wildman–Crippen MR) is 82.6 cm³/mol. The monoisotopic (exact) mass is 304 g/mol. The molecule has 0 radical (unpaired) electrons. The third kappa shape index (κ3) is 2.81. The Morgan fingerprint density at radius 2 is 2.10 bits per heavy atom. The van der Waals surface area contributed by atoms with E-state index in [0.717, 1.165) is 22.5 Å². The summed E-state index contributed by atoms with van der Waals surface area (Å²) < 4.78 is 1.19. The molecule has 1 aromatic carbocycles. The van der Waals surface area contributed by atoms with Crippen LogP contribution in [0.15, 0.2) is 42.6 Å². The Hall–Kier alpha value is -1.53. The number of benzene rings is 1. The molecule has 2 aromatic heterocycles. The van der Waals surface area contributed by atoms with Gasteiger partial charge in [0.2, 0.25) is 0 Å². The van der Waals surface area contributed by atoms with Crippen molar-refractivity contribution in [2.45, 2.75) is 12.5 Å². The van der Waals surface area contributed by atoms with Crippen LogP contribution in [0.25, 0.3) is 10.2 Å². The van der Waals surface area contributed by atoms with Gasteiger partial charge in [0.15, 0.2) is 0 Å². The summed E-state index contributed by atoms with van der Waals surface area (Å²) in [6, 6.07) is 11.8. The smallest absolute Gasteiger partial charge is 0.129 e. The molecular weight excluding hydrogens is 292 g/mol. The first-order chi connectivity index (χ1) is 9.76. The molecule has 0 fully saturated rings. The maximum Gasteiger partial charge on any atom is 0.129 e. The number of pyridine rings is 1. The lowest BCUT2D eigenvalue weighted by molar-refractivity contribution is 0.549. The number of aromatic nitrogens is 2. The highest BCUT2D eigenvalue weighted by Crippen LogP contribution is 2.25. The average molecular weight is 305 g/mol. The Morgan fingerprint density at radius 1 is 1.25 bits per heavy atom. The minimum absolute atomic E-state index is 0.0275. The molecule has 0 aliphatic heterocycles. The largest absolute Gasteiger partial charge is 0.271 e. The Bertz CT molecular complexity index is 678. The van der Waals surface area contributed by atoms with Crippen molar-refractivity contribution in [1.82, 2.24) is 15.4 Å². The summed E-state index contributed by atoms with van der Waals surface area (Å²) in [6.45, 7) is 0. The third-order valence-corrected chi connectivity index (χ3v) is 4.35. The van der Waals surface area contributed by atoms with Gasteiger partial charge in [-0.1, -0.05) is 29.8 Å². The van der Waals surface area contributed by atoms with Crippen LogP contribution in [0, 0.1) is 0 Å². The maximum atomic E-state index is 5.80. The quantitative estimate of drug-likeness (QED) is 0.442. The van der Waals surface area contributed by atoms with Gasteiger partial charge in [-0.15, -0.1) is 11.3 Å². The van der Waals surface area contributed by atoms with Crippen LogP contribution in [-0.4, -0.2) is 9.97 Å². The summed E-state index contributed by atoms with van der Waals surface area (Å²) >= 11 is 7.49. The van der Waals surface area contributed by atoms with Gasteiger partial charge in [0.05, 0.1) is 21.3 Å². The van der Waals surface area contributed by atoms with Gasteiger partial charge >= 0.3 is 0 Å². The molecule has 0 saturated heterocycles. The van der Waals surface area contributed by atoms with Gasteiger partial charge in [-0.3, -0.25) is 11.3 Å². The lowest BCUT2D eigenvalue weighted by Crippen LogP contribution is -2.29. The van der Waals surface area contributed by atoms with Gasteiger partial charge < -0.3 is 0 Å². The SMILES string of the molecule is NNC(Cc1nc2ccccc2s1)c1ccc(Cl)nc1. The molecule has 3 rings (SSSR count). The molecule has 20 heavy (non-hydrogen) atoms. The van der Waals surface area contributed by atoms with E-state index >= 15 is 0 Å². The van der Waals surface area contributed by atoms with Crippen LogP contribution in [0.5, 0.6) is 0 Å². The molecular formula is C14H13ClN4S. The standard InChI is InChI=1S/C14H13ClN4S/c15-13-6-5-9(8-17-13)11(19-16)7-14-18-10-3-1-2-4-12(10)20-14/h1-6,8,11,19H,7,16H2. The Kier molecular flexibility index (Phi) is 3.93. The van der Waals surface area contributed by atoms with E-state index in [9.17, 15) is 0 Å². The third-order valence-electron chi connectivity index (χ3n) is 3.07. The van der Waals surface area contributed by atoms with Crippen LogP contribution in [0.4, 0.5) is 0 Å². The van der Waals surface area contributed by atoms with Crippen LogP contribution in [-0.2, 0) is 6.42 Å². The van der Waals surface area contributed by atoms with Crippen molar-refractivity contribution in [1.29, 1.82) is 0 Å². The van der Waals surface area contributed by atoms with Crippen LogP contribution >= 0.6 is 22.9 Å². The number of nitrogens with zero attached hydrogens (tertiary/aromatic N) is 2. The van der Waals surface area contributed by atoms with Gasteiger partial charge in [0.25, 0.3) is 0 Å². The van der Waals surface area contributed by atoms with E-state index in [1.165, 1.54) is 4.70 Å². The Morgan fingerprint density at radius 3 is 2.80 bits per heavy atom. The van der Waals surface area contributed by atoms with E-state index in [1.807, 2.05) is 24.3 Å². The van der Waals surface area contributed by atoms with Gasteiger partial charge in [0, 0.05) is 12.6 Å². The number of hydrazine groups is 1. The van der Waals surface area contributed by atoms with Gasteiger partial charge in [0.1, 0.15) is 5.15 Å². The summed E-state index contributed by atoms with van der Waals surface area (Å²) in [5, 5.41) is 1.52. The summed E-state index contributed by atoms with van der Waals surface area (Å²) in [7, 11) is 0. The molecule has 0 bridgehead atoms. The molecule has 0 aliphatic rings. The molecule has 3 aromatic rings. The van der Waals surface area contributed by atoms with E-state index in [2.05, 4.69) is 21.5 Å². The first kappa shape index (κ1) is 13.5. The van der Waals surface area contributed by atoms with E-state index in [0.29, 0.717) is 5.15 Å². The second-order valence-electron chi connectivity index (χ2n) is 4.41. The van der Waals surface area contributed by atoms with Crippen LogP contribution in [0.1, 0.15) is 16.6 Å². The molecule has 6 heteroatoms. The van der Waals surface area contributed by atoms with Crippen molar-refractivity contribution in [3.05, 3.63) is 58.3 Å². The second-order valence-corrected chi connectivity index (χ2v) is 5.92. The highest BCUT2D eigenvalue weighted by molar-refractivity contribution is 7.18. The fourth-order valence-electron chi connectivity index (χ4n) is 2.05. The van der Waals surface area contributed by atoms with E-state index in [-0.39, 0.29) is 6.04 Å². The Labute approximate surface area is 125 Å². The molecule has 1 atom stereocenters. The fourth-order valence-corrected chi connectivity index (χ4v) is 3.17. The number of nitrogens with one attached hydrogen (secondary N) is 1. The molecule has 3 N–H and O–H groups in total. The topological polar surface area (TPSA) is 63.8 Å². The molecule has 0 spiro atoms. The van der Waals surface area contributed by atoms with E-state index < -0.39 is 0 Å². The number of nitrogens with two attached hydrogens (primary N) is 1. The number of hydrogen-bond donors (Lipinski definition) is 2. The van der Waals surface area contributed by atoms with Crippen molar-refractivity contribution in [3.63, 3.8) is 0 Å². The number of fused-ring (bicyclic) bond motifs is 1. The number of rotatable bonds is 4. The van der Waals surface area contributed by atoms with Gasteiger partial charge in [-0.25, -0.2) is 9.97 Å². The summed E-state index contributed by atoms with van der Waals surface area (Å²) in [6.07, 6.45) is 2.46. The average Bonchev–Trinajstić information content (AvgIpc) is 2.88. The molecule has 2 heterocycles. The van der Waals surface area contributed by atoms with Crippen LogP contribution in [0.2, 0.25) is 5.15 Å². The summed E-state index contributed by atoms with van der Waals surface area (Å²) in [5.74, 6) is 5.65. The van der Waals surface area contributed by atoms with Crippen molar-refractivity contribution >= 4 is 33.2 Å². The van der Waals surface area contributed by atoms with E-state index in [4.69, 9.17) is 17.4 Å². The number of para-hydroxylation sites is 1. The maximum absolute atomic E-state index is 5.80. The summed E-state index contributed by atoms with van der Waals surface area (Å²) in [5.41, 5.74) is 4.84. The number of halogens is 1. The van der Waals surface area contributed by atoms with E-state index in [1.54, 1.807) is 23.6 Å². The molecule has 1 unspecified atom stereocenters. The fraction of sp³-hybridized carbons (Fsp3) is 0.143. The summed E-state index contributed by atoms with van der Waals surface area (Å²) in [4.78, 5) is 8.71. The molecule has 0 saturated carbocycles. The first-order valence-corrected chi connectivity index (χ1v) is 7.38. The minimum Gasteiger partial charge on any atom is -0.271 e. The van der Waals surface area contributed by atoms with Gasteiger partial charge in [-0.2, -0.15) is 0 Å². The Balaban J connectivity index is 1.85. The number of thiazole rings is 1. The molecule has 102 valence electrons. The van der Waals surface area contributed by atoms with Crippen molar-refractivity contribution in [3.8, 4) is 0 Å². The van der Waals surface area contributed by atoms with Crippen molar-refractivity contribution in [2.75, 3.05) is 0 Å². The van der Waals surface area contributed by atoms with Crippen molar-refractivity contribution in [2.24, 2.45) is 5.84 Å². The lowest BCUT2D eigenvalue weighted by atomic mass is 10.1. The zero-order valence-electron chi connectivity index (χ0n) is 10.6. The molecule has 0 amide bonds. The molecule has 4 nitrogen and oxygen atoms in total. The lowest BCUT2D eigenvalue weighted by Gasteiger charge is -2.14. The second kappa shape index (κ2) is 5.85. The zero-order valence-corrected chi connectivity index (χ0v) is 12.2. The zero-order chi connectivity index (χ0) is 13.9. The normalized spacial score (nSPS) is 12.7. The highest BCUT2D eigenvalue weighted by Gasteiger charge is 2.14. The minimum atomic E-state index is -0.0275.